The van der Waals surface area contributed by atoms with Crippen LogP contribution in [0, 0.1) is 0 Å². The zero-order valence-electron chi connectivity index (χ0n) is 18.9. The Morgan fingerprint density at radius 2 is 1.75 bits per heavy atom. The first-order valence-corrected chi connectivity index (χ1v) is 13.2. The van der Waals surface area contributed by atoms with E-state index < -0.39 is 8.32 Å². The number of nitrogens with zero attached hydrogens (tertiary/aromatic N) is 3. The predicted molar refractivity (Wildman–Crippen MR) is 119 cm³/mol. The summed E-state index contributed by atoms with van der Waals surface area (Å²) in [6.45, 7) is 17.0. The van der Waals surface area contributed by atoms with Gasteiger partial charge in [0.15, 0.2) is 14.1 Å². The zero-order chi connectivity index (χ0) is 20.9. The summed E-state index contributed by atoms with van der Waals surface area (Å²) < 4.78 is 11.7. The van der Waals surface area contributed by atoms with Gasteiger partial charge < -0.3 is 13.8 Å². The molecule has 0 saturated carbocycles. The van der Waals surface area contributed by atoms with Crippen LogP contribution >= 0.6 is 0 Å². The Balaban J connectivity index is 1.89. The SMILES string of the molecule is CCc1ccc(C[C@H](C)c2noc(N(C)CCO[Si](C)(C)C(C)(C)C)n2)cc1. The van der Waals surface area contributed by atoms with Crippen molar-refractivity contribution >= 4 is 14.3 Å². The number of rotatable bonds is 9. The summed E-state index contributed by atoms with van der Waals surface area (Å²) >= 11 is 0. The second-order valence-corrected chi connectivity index (χ2v) is 14.0. The summed E-state index contributed by atoms with van der Waals surface area (Å²) in [5.41, 5.74) is 2.66. The van der Waals surface area contributed by atoms with E-state index in [1.165, 1.54) is 11.1 Å². The van der Waals surface area contributed by atoms with Gasteiger partial charge >= 0.3 is 6.01 Å². The van der Waals surface area contributed by atoms with Gasteiger partial charge in [0.25, 0.3) is 0 Å². The van der Waals surface area contributed by atoms with Crippen LogP contribution in [-0.4, -0.2) is 38.7 Å². The molecule has 1 atom stereocenters. The largest absolute Gasteiger partial charge is 0.415 e. The molecule has 0 aliphatic rings. The van der Waals surface area contributed by atoms with Gasteiger partial charge in [-0.15, -0.1) is 0 Å². The van der Waals surface area contributed by atoms with Gasteiger partial charge in [-0.3, -0.25) is 0 Å². The van der Waals surface area contributed by atoms with Crippen LogP contribution in [0.2, 0.25) is 18.1 Å². The van der Waals surface area contributed by atoms with Crippen LogP contribution in [0.1, 0.15) is 57.5 Å². The Labute approximate surface area is 171 Å². The Hall–Kier alpha value is -1.66. The molecule has 0 unspecified atom stereocenters. The second kappa shape index (κ2) is 9.22. The highest BCUT2D eigenvalue weighted by Gasteiger charge is 2.37. The van der Waals surface area contributed by atoms with Crippen LogP contribution < -0.4 is 4.90 Å². The van der Waals surface area contributed by atoms with E-state index in [0.29, 0.717) is 12.6 Å². The minimum absolute atomic E-state index is 0.210. The van der Waals surface area contributed by atoms with E-state index in [-0.39, 0.29) is 11.0 Å². The number of hydrogen-bond acceptors (Lipinski definition) is 5. The molecule has 0 aliphatic heterocycles. The van der Waals surface area contributed by atoms with Crippen LogP contribution in [0.3, 0.4) is 0 Å². The summed E-state index contributed by atoms with van der Waals surface area (Å²) in [6.07, 6.45) is 1.97. The number of aromatic nitrogens is 2. The fourth-order valence-corrected chi connectivity index (χ4v) is 3.72. The minimum atomic E-state index is -1.73. The number of hydrogen-bond donors (Lipinski definition) is 0. The summed E-state index contributed by atoms with van der Waals surface area (Å²) in [5, 5.41) is 4.42. The first-order chi connectivity index (χ1) is 13.0. The van der Waals surface area contributed by atoms with Crippen LogP contribution in [-0.2, 0) is 17.3 Å². The molecule has 2 rings (SSSR count). The fourth-order valence-electron chi connectivity index (χ4n) is 2.69. The van der Waals surface area contributed by atoms with Crippen LogP contribution in [0.5, 0.6) is 0 Å². The molecule has 2 aromatic rings. The Bertz CT molecular complexity index is 735. The van der Waals surface area contributed by atoms with Crippen LogP contribution in [0.15, 0.2) is 28.8 Å². The Morgan fingerprint density at radius 3 is 2.32 bits per heavy atom. The molecular formula is C22H37N3O2Si. The third-order valence-electron chi connectivity index (χ3n) is 5.87. The lowest BCUT2D eigenvalue weighted by atomic mass is 9.99. The van der Waals surface area contributed by atoms with E-state index in [4.69, 9.17) is 8.95 Å². The highest BCUT2D eigenvalue weighted by molar-refractivity contribution is 6.74. The van der Waals surface area contributed by atoms with E-state index in [1.54, 1.807) is 0 Å². The van der Waals surface area contributed by atoms with E-state index in [9.17, 15) is 0 Å². The van der Waals surface area contributed by atoms with Crippen molar-refractivity contribution in [3.8, 4) is 0 Å². The van der Waals surface area contributed by atoms with Crippen molar-refractivity contribution in [2.24, 2.45) is 0 Å². The van der Waals surface area contributed by atoms with Crippen molar-refractivity contribution in [3.63, 3.8) is 0 Å². The lowest BCUT2D eigenvalue weighted by Gasteiger charge is -2.36. The molecule has 0 N–H and O–H groups in total. The molecule has 0 spiro atoms. The monoisotopic (exact) mass is 403 g/mol. The molecule has 6 heteroatoms. The van der Waals surface area contributed by atoms with E-state index in [0.717, 1.165) is 25.2 Å². The molecule has 0 saturated heterocycles. The molecule has 1 aromatic heterocycles. The van der Waals surface area contributed by atoms with Gasteiger partial charge in [-0.1, -0.05) is 64.0 Å². The lowest BCUT2D eigenvalue weighted by molar-refractivity contribution is 0.292. The third kappa shape index (κ3) is 5.91. The highest BCUT2D eigenvalue weighted by Crippen LogP contribution is 2.36. The van der Waals surface area contributed by atoms with Crippen molar-refractivity contribution in [1.29, 1.82) is 0 Å². The van der Waals surface area contributed by atoms with E-state index in [2.05, 4.69) is 82.1 Å². The topological polar surface area (TPSA) is 51.4 Å². The van der Waals surface area contributed by atoms with Gasteiger partial charge in [0, 0.05) is 19.5 Å². The van der Waals surface area contributed by atoms with Crippen molar-refractivity contribution in [1.82, 2.24) is 10.1 Å². The lowest BCUT2D eigenvalue weighted by Crippen LogP contribution is -2.42. The highest BCUT2D eigenvalue weighted by atomic mass is 28.4. The maximum atomic E-state index is 6.25. The molecule has 5 nitrogen and oxygen atoms in total. The number of likely N-dealkylation sites (N-methyl/N-ethyl adjacent to an activating group) is 1. The number of anilines is 1. The molecule has 0 bridgehead atoms. The maximum Gasteiger partial charge on any atom is 0.323 e. The molecule has 0 fully saturated rings. The number of benzene rings is 1. The summed E-state index contributed by atoms with van der Waals surface area (Å²) in [6, 6.07) is 9.34. The van der Waals surface area contributed by atoms with Gasteiger partial charge in [0.1, 0.15) is 0 Å². The summed E-state index contributed by atoms with van der Waals surface area (Å²) in [4.78, 5) is 6.59. The standard InChI is InChI=1S/C22H37N3O2Si/c1-9-18-10-12-19(13-11-18)16-17(2)20-23-21(27-24-20)25(6)14-15-26-28(7,8)22(3,4)5/h10-13,17H,9,14-16H2,1-8H3/t17-/m0/s1. The van der Waals surface area contributed by atoms with E-state index in [1.807, 2.05) is 11.9 Å². The van der Waals surface area contributed by atoms with Gasteiger partial charge in [-0.25, -0.2) is 0 Å². The summed E-state index contributed by atoms with van der Waals surface area (Å²) in [5.74, 6) is 0.966. The normalized spacial score (nSPS) is 13.6. The van der Waals surface area contributed by atoms with Crippen molar-refractivity contribution in [2.45, 2.75) is 71.5 Å². The third-order valence-corrected chi connectivity index (χ3v) is 10.4. The van der Waals surface area contributed by atoms with Gasteiger partial charge in [0.2, 0.25) is 0 Å². The van der Waals surface area contributed by atoms with Crippen LogP contribution in [0.4, 0.5) is 6.01 Å². The van der Waals surface area contributed by atoms with Crippen molar-refractivity contribution in [2.75, 3.05) is 25.1 Å². The average molecular weight is 404 g/mol. The zero-order valence-corrected chi connectivity index (χ0v) is 19.9. The average Bonchev–Trinajstić information content (AvgIpc) is 3.11. The molecule has 0 radical (unpaired) electrons. The van der Waals surface area contributed by atoms with Crippen LogP contribution in [0.25, 0.3) is 0 Å². The van der Waals surface area contributed by atoms with Gasteiger partial charge in [-0.05, 0) is 42.1 Å². The molecule has 0 amide bonds. The van der Waals surface area contributed by atoms with E-state index >= 15 is 0 Å². The Morgan fingerprint density at radius 1 is 1.14 bits per heavy atom. The molecule has 1 aromatic carbocycles. The summed E-state index contributed by atoms with van der Waals surface area (Å²) in [7, 11) is 0.244. The van der Waals surface area contributed by atoms with Gasteiger partial charge in [-0.2, -0.15) is 4.98 Å². The van der Waals surface area contributed by atoms with Gasteiger partial charge in [0.05, 0.1) is 6.61 Å². The first kappa shape index (κ1) is 22.6. The number of aryl methyl sites for hydroxylation is 1. The van der Waals surface area contributed by atoms with Crippen molar-refractivity contribution < 1.29 is 8.95 Å². The molecule has 1 heterocycles. The molecule has 28 heavy (non-hydrogen) atoms. The molecular weight excluding hydrogens is 366 g/mol. The second-order valence-electron chi connectivity index (χ2n) is 9.24. The quantitative estimate of drug-likeness (QED) is 0.522. The first-order valence-electron chi connectivity index (χ1n) is 10.3. The predicted octanol–water partition coefficient (Wildman–Crippen LogP) is 5.44. The maximum absolute atomic E-state index is 6.25. The molecule has 156 valence electrons. The van der Waals surface area contributed by atoms with Crippen molar-refractivity contribution in [3.05, 3.63) is 41.2 Å². The Kier molecular flexibility index (Phi) is 7.45. The fraction of sp³-hybridized carbons (Fsp3) is 0.636. The minimum Gasteiger partial charge on any atom is -0.415 e. The molecule has 0 aliphatic carbocycles. The smallest absolute Gasteiger partial charge is 0.323 e.